The van der Waals surface area contributed by atoms with E-state index < -0.39 is 41.3 Å². The van der Waals surface area contributed by atoms with Gasteiger partial charge in [-0.1, -0.05) is 12.5 Å². The molecule has 4 aliphatic rings. The first-order chi connectivity index (χ1) is 32.5. The van der Waals surface area contributed by atoms with Crippen LogP contribution in [0, 0.1) is 11.6 Å². The van der Waals surface area contributed by atoms with Crippen molar-refractivity contribution in [3.05, 3.63) is 112 Å². The molecule has 6 amide bonds. The fourth-order valence-electron chi connectivity index (χ4n) is 9.26. The molecule has 67 heavy (non-hydrogen) atoms. The maximum absolute atomic E-state index is 14.0. The second-order valence-corrected chi connectivity index (χ2v) is 17.4. The number of H-pyrrole nitrogens is 1. The SMILES string of the molecule is O=C1CCC(N2C(=O)c3ccc(NCCCCCC(=O)N4CCN(c5ccc(C(=O)Nc6n[nH]c7ccc(Cc8cc(F)cc(F)c8)cc67)c(NC6CCOCC6)c5)CC4)cc3C2=O)C(=O)N1. The molecule has 5 N–H and O–H groups in total. The molecule has 0 saturated carbocycles. The second kappa shape index (κ2) is 19.7. The summed E-state index contributed by atoms with van der Waals surface area (Å²) in [6, 6.07) is 18.7. The standard InChI is InChI=1S/C49H51F2N9O7/c50-31-23-30(24-32(51)26-31)22-29-5-10-40-39(25-29)45(57-56-40)55-46(63)37-9-7-35(28-41(37)53-33-13-20-67-21-14-33)58-16-18-59(19-17-58)44(62)4-2-1-3-15-52-34-6-8-36-38(27-34)49(66)60(48(36)65)42-11-12-43(61)54-47(42)64/h5-10,23-28,33,42,52-53H,1-4,11-22H2,(H,54,61,64)(H2,55,56,57,63). The monoisotopic (exact) mass is 915 g/mol. The lowest BCUT2D eigenvalue weighted by Crippen LogP contribution is -2.54. The summed E-state index contributed by atoms with van der Waals surface area (Å²) in [6.45, 7) is 4.22. The summed E-state index contributed by atoms with van der Waals surface area (Å²) >= 11 is 0. The summed E-state index contributed by atoms with van der Waals surface area (Å²) in [4.78, 5) is 82.5. The van der Waals surface area contributed by atoms with E-state index in [0.29, 0.717) is 98.0 Å². The molecule has 1 unspecified atom stereocenters. The number of aromatic nitrogens is 2. The molecule has 348 valence electrons. The molecule has 18 heteroatoms. The van der Waals surface area contributed by atoms with Crippen molar-refractivity contribution in [2.24, 2.45) is 0 Å². The lowest BCUT2D eigenvalue weighted by Gasteiger charge is -2.36. The molecule has 1 aromatic heterocycles. The van der Waals surface area contributed by atoms with Crippen molar-refractivity contribution in [2.45, 2.75) is 69.9 Å². The number of anilines is 4. The Balaban J connectivity index is 0.760. The zero-order valence-electron chi connectivity index (χ0n) is 36.8. The molecule has 5 aromatic rings. The van der Waals surface area contributed by atoms with Crippen LogP contribution in [0.1, 0.15) is 93.6 Å². The summed E-state index contributed by atoms with van der Waals surface area (Å²) in [6.07, 6.45) is 4.76. The highest BCUT2D eigenvalue weighted by atomic mass is 19.1. The van der Waals surface area contributed by atoms with E-state index in [9.17, 15) is 37.5 Å². The lowest BCUT2D eigenvalue weighted by atomic mass is 10.0. The first-order valence-electron chi connectivity index (χ1n) is 22.8. The number of nitrogens with one attached hydrogen (secondary N) is 5. The minimum Gasteiger partial charge on any atom is -0.385 e. The molecule has 0 bridgehead atoms. The topological polar surface area (TPSA) is 198 Å². The normalized spacial score (nSPS) is 17.8. The Morgan fingerprint density at radius 1 is 0.791 bits per heavy atom. The third-order valence-corrected chi connectivity index (χ3v) is 12.9. The van der Waals surface area contributed by atoms with Gasteiger partial charge in [0.2, 0.25) is 17.7 Å². The molecule has 0 radical (unpaired) electrons. The Labute approximate surface area is 384 Å². The maximum Gasteiger partial charge on any atom is 0.262 e. The molecule has 16 nitrogen and oxygen atoms in total. The van der Waals surface area contributed by atoms with E-state index >= 15 is 0 Å². The molecule has 5 heterocycles. The van der Waals surface area contributed by atoms with Crippen molar-refractivity contribution in [2.75, 3.05) is 66.8 Å². The quantitative estimate of drug-likeness (QED) is 0.0611. The summed E-state index contributed by atoms with van der Waals surface area (Å²) in [5.41, 5.74) is 5.15. The van der Waals surface area contributed by atoms with Crippen LogP contribution in [0.25, 0.3) is 10.9 Å². The van der Waals surface area contributed by atoms with Gasteiger partial charge in [-0.05, 0) is 110 Å². The molecule has 3 saturated heterocycles. The van der Waals surface area contributed by atoms with Crippen molar-refractivity contribution < 1.29 is 42.3 Å². The number of hydrogen-bond acceptors (Lipinski definition) is 11. The fourth-order valence-corrected chi connectivity index (χ4v) is 9.26. The van der Waals surface area contributed by atoms with Crippen molar-refractivity contribution in [3.8, 4) is 0 Å². The van der Waals surface area contributed by atoms with Gasteiger partial charge in [0.05, 0.1) is 22.2 Å². The molecule has 4 aromatic carbocycles. The lowest BCUT2D eigenvalue weighted by molar-refractivity contribution is -0.136. The molecular formula is C49H51F2N9O7. The zero-order chi connectivity index (χ0) is 46.6. The average molecular weight is 916 g/mol. The molecular weight excluding hydrogens is 865 g/mol. The van der Waals surface area contributed by atoms with Crippen molar-refractivity contribution >= 4 is 69.2 Å². The Morgan fingerprint density at radius 2 is 1.57 bits per heavy atom. The average Bonchev–Trinajstić information content (AvgIpc) is 3.82. The number of amides is 6. The van der Waals surface area contributed by atoms with Crippen LogP contribution in [-0.2, 0) is 25.5 Å². The number of benzene rings is 4. The molecule has 0 spiro atoms. The van der Waals surface area contributed by atoms with Gasteiger partial charge in [-0.25, -0.2) is 8.78 Å². The minimum atomic E-state index is -1.02. The van der Waals surface area contributed by atoms with Crippen LogP contribution in [0.2, 0.25) is 0 Å². The number of halogens is 2. The van der Waals surface area contributed by atoms with Crippen molar-refractivity contribution in [1.82, 2.24) is 25.3 Å². The highest BCUT2D eigenvalue weighted by molar-refractivity contribution is 6.23. The number of aromatic amines is 1. The van der Waals surface area contributed by atoms with Gasteiger partial charge in [-0.3, -0.25) is 44.1 Å². The summed E-state index contributed by atoms with van der Waals surface area (Å²) in [5, 5.41) is 20.1. The van der Waals surface area contributed by atoms with E-state index in [2.05, 4.69) is 36.4 Å². The van der Waals surface area contributed by atoms with Gasteiger partial charge < -0.3 is 30.5 Å². The van der Waals surface area contributed by atoms with Crippen LogP contribution >= 0.6 is 0 Å². The largest absolute Gasteiger partial charge is 0.385 e. The van der Waals surface area contributed by atoms with Gasteiger partial charge in [-0.2, -0.15) is 5.10 Å². The molecule has 9 rings (SSSR count). The smallest absolute Gasteiger partial charge is 0.262 e. The van der Waals surface area contributed by atoms with Gasteiger partial charge in [0.25, 0.3) is 17.7 Å². The summed E-state index contributed by atoms with van der Waals surface area (Å²) in [7, 11) is 0. The first kappa shape index (κ1) is 45.0. The maximum atomic E-state index is 14.0. The van der Waals surface area contributed by atoms with Crippen LogP contribution in [-0.4, -0.2) is 113 Å². The van der Waals surface area contributed by atoms with Gasteiger partial charge in [0.1, 0.15) is 17.7 Å². The van der Waals surface area contributed by atoms with Gasteiger partial charge in [0.15, 0.2) is 5.82 Å². The minimum absolute atomic E-state index is 0.0575. The fraction of sp³-hybridized carbons (Fsp3) is 0.367. The number of unbranched alkanes of at least 4 members (excludes halogenated alkanes) is 2. The van der Waals surface area contributed by atoms with Crippen LogP contribution in [0.4, 0.5) is 31.7 Å². The summed E-state index contributed by atoms with van der Waals surface area (Å²) < 4.78 is 33.4. The number of imide groups is 2. The Bertz CT molecular complexity index is 2730. The number of nitrogens with zero attached hydrogens (tertiary/aromatic N) is 4. The van der Waals surface area contributed by atoms with Crippen LogP contribution in [0.3, 0.4) is 0 Å². The van der Waals surface area contributed by atoms with E-state index in [4.69, 9.17) is 4.74 Å². The third kappa shape index (κ3) is 10.1. The summed E-state index contributed by atoms with van der Waals surface area (Å²) in [5.74, 6) is -3.37. The first-order valence-corrected chi connectivity index (χ1v) is 22.8. The van der Waals surface area contributed by atoms with Crippen LogP contribution in [0.5, 0.6) is 0 Å². The van der Waals surface area contributed by atoms with Crippen molar-refractivity contribution in [3.63, 3.8) is 0 Å². The number of carbonyl (C=O) groups excluding carboxylic acids is 6. The number of piperidine rings is 1. The number of hydrogen-bond donors (Lipinski definition) is 5. The molecule has 1 atom stereocenters. The molecule has 3 fully saturated rings. The van der Waals surface area contributed by atoms with Gasteiger partial charge in [0, 0.05) is 93.3 Å². The van der Waals surface area contributed by atoms with Gasteiger partial charge in [-0.15, -0.1) is 0 Å². The van der Waals surface area contributed by atoms with E-state index in [1.54, 1.807) is 24.3 Å². The zero-order valence-corrected chi connectivity index (χ0v) is 36.8. The number of ether oxygens (including phenoxy) is 1. The third-order valence-electron chi connectivity index (χ3n) is 12.9. The highest BCUT2D eigenvalue weighted by Gasteiger charge is 2.44. The second-order valence-electron chi connectivity index (χ2n) is 17.4. The molecule has 0 aliphatic carbocycles. The predicted octanol–water partition coefficient (Wildman–Crippen LogP) is 6.00. The van der Waals surface area contributed by atoms with E-state index in [-0.39, 0.29) is 41.8 Å². The van der Waals surface area contributed by atoms with E-state index in [1.807, 2.05) is 35.2 Å². The Morgan fingerprint density at radius 3 is 2.34 bits per heavy atom. The van der Waals surface area contributed by atoms with E-state index in [1.165, 1.54) is 12.1 Å². The van der Waals surface area contributed by atoms with Crippen molar-refractivity contribution in [1.29, 1.82) is 0 Å². The Hall–Kier alpha value is -7.21. The Kier molecular flexibility index (Phi) is 13.2. The highest BCUT2D eigenvalue weighted by Crippen LogP contribution is 2.32. The molecule has 4 aliphatic heterocycles. The number of rotatable bonds is 15. The number of fused-ring (bicyclic) bond motifs is 2. The number of piperazine rings is 1. The van der Waals surface area contributed by atoms with Crippen LogP contribution in [0.15, 0.2) is 72.8 Å². The van der Waals surface area contributed by atoms with Crippen LogP contribution < -0.4 is 26.2 Å². The van der Waals surface area contributed by atoms with E-state index in [0.717, 1.165) is 54.3 Å². The predicted molar refractivity (Wildman–Crippen MR) is 246 cm³/mol. The number of carbonyl (C=O) groups is 6. The van der Waals surface area contributed by atoms with Gasteiger partial charge >= 0.3 is 0 Å².